The zero-order chi connectivity index (χ0) is 11.4. The molecular weight excluding hydrogens is 222 g/mol. The summed E-state index contributed by atoms with van der Waals surface area (Å²) < 4.78 is 5.39. The second-order valence-corrected chi connectivity index (χ2v) is 4.86. The van der Waals surface area contributed by atoms with Crippen molar-refractivity contribution in [1.29, 1.82) is 0 Å². The minimum absolute atomic E-state index is 0.501. The number of rotatable bonds is 4. The molecule has 0 saturated carbocycles. The van der Waals surface area contributed by atoms with Crippen LogP contribution in [-0.2, 0) is 11.3 Å². The highest BCUT2D eigenvalue weighted by atomic mass is 35.5. The normalized spacial score (nSPS) is 22.2. The molecule has 1 aromatic rings. The molecule has 1 heterocycles. The predicted octanol–water partition coefficient (Wildman–Crippen LogP) is 2.85. The van der Waals surface area contributed by atoms with Crippen molar-refractivity contribution in [3.05, 3.63) is 34.9 Å². The van der Waals surface area contributed by atoms with E-state index in [4.69, 9.17) is 16.3 Å². The fraction of sp³-hybridized carbons (Fsp3) is 0.538. The van der Waals surface area contributed by atoms with Crippen molar-refractivity contribution in [2.75, 3.05) is 13.2 Å². The van der Waals surface area contributed by atoms with Crippen LogP contribution in [0.4, 0.5) is 0 Å². The Morgan fingerprint density at radius 2 is 2.44 bits per heavy atom. The molecule has 16 heavy (non-hydrogen) atoms. The van der Waals surface area contributed by atoms with Gasteiger partial charge in [-0.25, -0.2) is 0 Å². The molecule has 0 amide bonds. The van der Waals surface area contributed by atoms with Crippen molar-refractivity contribution in [2.45, 2.75) is 25.9 Å². The van der Waals surface area contributed by atoms with E-state index in [0.29, 0.717) is 12.0 Å². The maximum absolute atomic E-state index is 5.94. The summed E-state index contributed by atoms with van der Waals surface area (Å²) in [6, 6.07) is 8.49. The maximum Gasteiger partial charge on any atom is 0.0509 e. The maximum atomic E-state index is 5.94. The molecule has 1 fully saturated rings. The van der Waals surface area contributed by atoms with Crippen molar-refractivity contribution in [2.24, 2.45) is 5.92 Å². The van der Waals surface area contributed by atoms with Crippen molar-refractivity contribution in [3.8, 4) is 0 Å². The van der Waals surface area contributed by atoms with Crippen LogP contribution < -0.4 is 5.32 Å². The molecule has 1 N–H and O–H groups in total. The molecule has 2 unspecified atom stereocenters. The van der Waals surface area contributed by atoms with E-state index in [0.717, 1.165) is 24.8 Å². The number of hydrogen-bond acceptors (Lipinski definition) is 2. The van der Waals surface area contributed by atoms with Gasteiger partial charge in [-0.3, -0.25) is 0 Å². The predicted molar refractivity (Wildman–Crippen MR) is 66.7 cm³/mol. The first-order valence-corrected chi connectivity index (χ1v) is 6.19. The topological polar surface area (TPSA) is 21.3 Å². The second-order valence-electron chi connectivity index (χ2n) is 4.42. The quantitative estimate of drug-likeness (QED) is 0.873. The molecule has 1 saturated heterocycles. The monoisotopic (exact) mass is 239 g/mol. The Morgan fingerprint density at radius 1 is 1.56 bits per heavy atom. The molecule has 1 aliphatic heterocycles. The number of ether oxygens (including phenoxy) is 1. The zero-order valence-electron chi connectivity index (χ0n) is 9.58. The second kappa shape index (κ2) is 5.67. The first kappa shape index (κ1) is 11.9. The molecule has 2 nitrogen and oxygen atoms in total. The van der Waals surface area contributed by atoms with Crippen LogP contribution in [0.15, 0.2) is 24.3 Å². The summed E-state index contributed by atoms with van der Waals surface area (Å²) in [6.45, 7) is 4.90. The van der Waals surface area contributed by atoms with Crippen LogP contribution >= 0.6 is 11.6 Å². The molecule has 3 heteroatoms. The molecule has 2 atom stereocenters. The van der Waals surface area contributed by atoms with E-state index in [1.807, 2.05) is 18.2 Å². The van der Waals surface area contributed by atoms with Crippen LogP contribution in [-0.4, -0.2) is 19.3 Å². The van der Waals surface area contributed by atoms with E-state index >= 15 is 0 Å². The van der Waals surface area contributed by atoms with Crippen LogP contribution in [0.2, 0.25) is 5.02 Å². The van der Waals surface area contributed by atoms with Gasteiger partial charge >= 0.3 is 0 Å². The van der Waals surface area contributed by atoms with Gasteiger partial charge in [-0.15, -0.1) is 0 Å². The molecule has 0 aliphatic carbocycles. The van der Waals surface area contributed by atoms with Gasteiger partial charge in [0.05, 0.1) is 6.61 Å². The van der Waals surface area contributed by atoms with Gasteiger partial charge in [0.1, 0.15) is 0 Å². The molecule has 1 aliphatic rings. The Balaban J connectivity index is 1.82. The fourth-order valence-electron chi connectivity index (χ4n) is 2.04. The van der Waals surface area contributed by atoms with E-state index in [9.17, 15) is 0 Å². The van der Waals surface area contributed by atoms with Crippen LogP contribution in [0.25, 0.3) is 0 Å². The van der Waals surface area contributed by atoms with Gasteiger partial charge in [-0.2, -0.15) is 0 Å². The molecule has 0 radical (unpaired) electrons. The third-order valence-corrected chi connectivity index (χ3v) is 3.42. The Morgan fingerprint density at radius 3 is 3.12 bits per heavy atom. The van der Waals surface area contributed by atoms with Crippen LogP contribution in [0.1, 0.15) is 18.9 Å². The molecule has 2 rings (SSSR count). The summed E-state index contributed by atoms with van der Waals surface area (Å²) in [5.74, 6) is 0.652. The van der Waals surface area contributed by atoms with Gasteiger partial charge in [-0.1, -0.05) is 23.7 Å². The van der Waals surface area contributed by atoms with Gasteiger partial charge in [0.15, 0.2) is 0 Å². The van der Waals surface area contributed by atoms with Crippen LogP contribution in [0.3, 0.4) is 0 Å². The lowest BCUT2D eigenvalue weighted by Crippen LogP contribution is -2.33. The summed E-state index contributed by atoms with van der Waals surface area (Å²) in [6.07, 6.45) is 1.17. The summed E-state index contributed by atoms with van der Waals surface area (Å²) in [7, 11) is 0. The zero-order valence-corrected chi connectivity index (χ0v) is 10.3. The number of benzene rings is 1. The van der Waals surface area contributed by atoms with Crippen LogP contribution in [0.5, 0.6) is 0 Å². The summed E-state index contributed by atoms with van der Waals surface area (Å²) in [5, 5.41) is 4.33. The van der Waals surface area contributed by atoms with E-state index in [1.54, 1.807) is 0 Å². The van der Waals surface area contributed by atoms with Crippen molar-refractivity contribution in [3.63, 3.8) is 0 Å². The highest BCUT2D eigenvalue weighted by molar-refractivity contribution is 6.30. The fourth-order valence-corrected chi connectivity index (χ4v) is 2.25. The number of halogens is 1. The van der Waals surface area contributed by atoms with E-state index in [-0.39, 0.29) is 0 Å². The van der Waals surface area contributed by atoms with Crippen LogP contribution in [0, 0.1) is 5.92 Å². The highest BCUT2D eigenvalue weighted by Crippen LogP contribution is 2.17. The first-order valence-electron chi connectivity index (χ1n) is 5.81. The SMILES string of the molecule is CC(NCc1cccc(Cl)c1)C1CCOC1. The van der Waals surface area contributed by atoms with Crippen molar-refractivity contribution >= 4 is 11.6 Å². The number of nitrogens with one attached hydrogen (secondary N) is 1. The Hall–Kier alpha value is -0.570. The third-order valence-electron chi connectivity index (χ3n) is 3.19. The molecule has 0 aromatic heterocycles. The molecule has 0 spiro atoms. The summed E-state index contributed by atoms with van der Waals surface area (Å²) in [5.41, 5.74) is 1.23. The standard InChI is InChI=1S/C13H18ClNO/c1-10(12-5-6-16-9-12)15-8-11-3-2-4-13(14)7-11/h2-4,7,10,12,15H,5-6,8-9H2,1H3. The molecular formula is C13H18ClNO. The average molecular weight is 240 g/mol. The van der Waals surface area contributed by atoms with Gasteiger partial charge in [-0.05, 0) is 37.0 Å². The van der Waals surface area contributed by atoms with Gasteiger partial charge in [0, 0.05) is 24.2 Å². The molecule has 0 bridgehead atoms. The Labute approximate surface area is 102 Å². The van der Waals surface area contributed by atoms with E-state index < -0.39 is 0 Å². The smallest absolute Gasteiger partial charge is 0.0509 e. The lowest BCUT2D eigenvalue weighted by molar-refractivity contribution is 0.178. The lowest BCUT2D eigenvalue weighted by Gasteiger charge is -2.19. The van der Waals surface area contributed by atoms with Gasteiger partial charge < -0.3 is 10.1 Å². The highest BCUT2D eigenvalue weighted by Gasteiger charge is 2.21. The van der Waals surface area contributed by atoms with E-state index in [2.05, 4.69) is 18.3 Å². The Kier molecular flexibility index (Phi) is 4.22. The average Bonchev–Trinajstić information content (AvgIpc) is 2.79. The Bertz CT molecular complexity index is 336. The summed E-state index contributed by atoms with van der Waals surface area (Å²) in [4.78, 5) is 0. The molecule has 88 valence electrons. The lowest BCUT2D eigenvalue weighted by atomic mass is 10.0. The van der Waals surface area contributed by atoms with E-state index in [1.165, 1.54) is 12.0 Å². The largest absolute Gasteiger partial charge is 0.381 e. The summed E-state index contributed by atoms with van der Waals surface area (Å²) >= 11 is 5.94. The van der Waals surface area contributed by atoms with Gasteiger partial charge in [0.2, 0.25) is 0 Å². The number of hydrogen-bond donors (Lipinski definition) is 1. The van der Waals surface area contributed by atoms with Crippen molar-refractivity contribution < 1.29 is 4.74 Å². The first-order chi connectivity index (χ1) is 7.75. The third kappa shape index (κ3) is 3.21. The molecule has 1 aromatic carbocycles. The van der Waals surface area contributed by atoms with Gasteiger partial charge in [0.25, 0.3) is 0 Å². The minimum atomic E-state index is 0.501. The minimum Gasteiger partial charge on any atom is -0.381 e. The van der Waals surface area contributed by atoms with Crippen molar-refractivity contribution in [1.82, 2.24) is 5.32 Å².